The standard InChI is InChI=1S/C21H31IN2O6/c1-15(2)24(20(27)30-21(3,4)5)13-17(25)14-29-18-9-7-16(8-10-18)23-19(26)28-12-6-11-22/h6-11,15,17,25H,12-14H2,1-5H3,(H,23,26)/b11-6+. The highest BCUT2D eigenvalue weighted by atomic mass is 127. The van der Waals surface area contributed by atoms with Crippen LogP contribution in [0.2, 0.25) is 0 Å². The van der Waals surface area contributed by atoms with Crippen LogP contribution in [0.25, 0.3) is 0 Å². The Bertz CT molecular complexity index is 700. The van der Waals surface area contributed by atoms with Crippen molar-refractivity contribution in [2.24, 2.45) is 0 Å². The minimum atomic E-state index is -0.890. The maximum Gasteiger partial charge on any atom is 0.411 e. The van der Waals surface area contributed by atoms with E-state index in [4.69, 9.17) is 14.2 Å². The van der Waals surface area contributed by atoms with Gasteiger partial charge in [0.15, 0.2) is 0 Å². The molecule has 168 valence electrons. The molecule has 1 aromatic rings. The first-order valence-corrected chi connectivity index (χ1v) is 10.9. The van der Waals surface area contributed by atoms with Gasteiger partial charge in [-0.15, -0.1) is 0 Å². The Labute approximate surface area is 191 Å². The first-order chi connectivity index (χ1) is 14.0. The fraction of sp³-hybridized carbons (Fsp3) is 0.524. The fourth-order valence-electron chi connectivity index (χ4n) is 2.24. The molecule has 0 aliphatic carbocycles. The summed E-state index contributed by atoms with van der Waals surface area (Å²) in [5.74, 6) is 0.522. The number of anilines is 1. The maximum atomic E-state index is 12.3. The zero-order chi connectivity index (χ0) is 22.7. The van der Waals surface area contributed by atoms with Crippen LogP contribution >= 0.6 is 22.6 Å². The van der Waals surface area contributed by atoms with E-state index in [9.17, 15) is 14.7 Å². The van der Waals surface area contributed by atoms with E-state index in [2.05, 4.69) is 5.32 Å². The van der Waals surface area contributed by atoms with E-state index in [1.807, 2.05) is 36.4 Å². The number of rotatable bonds is 9. The van der Waals surface area contributed by atoms with E-state index in [-0.39, 0.29) is 25.8 Å². The molecule has 1 atom stereocenters. The molecule has 9 heteroatoms. The number of nitrogens with one attached hydrogen (secondary N) is 1. The summed E-state index contributed by atoms with van der Waals surface area (Å²) >= 11 is 2.04. The third-order valence-electron chi connectivity index (χ3n) is 3.60. The number of carbonyl (C=O) groups excluding carboxylic acids is 2. The number of carbonyl (C=O) groups is 2. The van der Waals surface area contributed by atoms with Gasteiger partial charge in [0.2, 0.25) is 0 Å². The lowest BCUT2D eigenvalue weighted by molar-refractivity contribution is 0.00187. The normalized spacial score (nSPS) is 12.5. The van der Waals surface area contributed by atoms with Crippen LogP contribution < -0.4 is 10.1 Å². The number of hydrogen-bond acceptors (Lipinski definition) is 6. The van der Waals surface area contributed by atoms with E-state index in [1.165, 1.54) is 4.90 Å². The zero-order valence-electron chi connectivity index (χ0n) is 18.1. The van der Waals surface area contributed by atoms with E-state index in [0.717, 1.165) is 0 Å². The third-order valence-corrected chi connectivity index (χ3v) is 4.11. The van der Waals surface area contributed by atoms with Crippen molar-refractivity contribution in [1.82, 2.24) is 4.90 Å². The number of aliphatic hydroxyl groups is 1. The summed E-state index contributed by atoms with van der Waals surface area (Å²) in [6.45, 7) is 9.38. The monoisotopic (exact) mass is 534 g/mol. The molecule has 1 aromatic carbocycles. The smallest absolute Gasteiger partial charge is 0.411 e. The second-order valence-electron chi connectivity index (χ2n) is 7.80. The molecule has 0 aliphatic heterocycles. The van der Waals surface area contributed by atoms with Crippen LogP contribution in [0.3, 0.4) is 0 Å². The second-order valence-corrected chi connectivity index (χ2v) is 8.52. The van der Waals surface area contributed by atoms with Crippen molar-refractivity contribution in [1.29, 1.82) is 0 Å². The molecule has 8 nitrogen and oxygen atoms in total. The number of halogens is 1. The number of hydrogen-bond donors (Lipinski definition) is 2. The van der Waals surface area contributed by atoms with Gasteiger partial charge in [-0.2, -0.15) is 0 Å². The van der Waals surface area contributed by atoms with Crippen LogP contribution in [0.1, 0.15) is 34.6 Å². The van der Waals surface area contributed by atoms with Gasteiger partial charge in [-0.25, -0.2) is 9.59 Å². The van der Waals surface area contributed by atoms with Crippen molar-refractivity contribution in [2.75, 3.05) is 25.1 Å². The highest BCUT2D eigenvalue weighted by Gasteiger charge is 2.26. The Morgan fingerprint density at radius 1 is 1.23 bits per heavy atom. The number of benzene rings is 1. The lowest BCUT2D eigenvalue weighted by Gasteiger charge is -2.31. The Kier molecular flexibility index (Phi) is 11.0. The molecule has 0 radical (unpaired) electrons. The van der Waals surface area contributed by atoms with Gasteiger partial charge >= 0.3 is 12.2 Å². The van der Waals surface area contributed by atoms with Crippen molar-refractivity contribution in [3.05, 3.63) is 34.4 Å². The molecular formula is C21H31IN2O6. The lowest BCUT2D eigenvalue weighted by atomic mass is 10.2. The minimum absolute atomic E-state index is 0.00344. The van der Waals surface area contributed by atoms with Crippen LogP contribution in [0.15, 0.2) is 34.4 Å². The van der Waals surface area contributed by atoms with Gasteiger partial charge in [0.05, 0.1) is 6.54 Å². The molecule has 2 N–H and O–H groups in total. The first-order valence-electron chi connectivity index (χ1n) is 9.61. The van der Waals surface area contributed by atoms with E-state index >= 15 is 0 Å². The SMILES string of the molecule is CC(C)N(CC(O)COc1ccc(NC(=O)OC/C=C/I)cc1)C(=O)OC(C)(C)C. The Morgan fingerprint density at radius 2 is 1.87 bits per heavy atom. The summed E-state index contributed by atoms with van der Waals surface area (Å²) in [5, 5.41) is 12.9. The molecule has 1 unspecified atom stereocenters. The highest BCUT2D eigenvalue weighted by Crippen LogP contribution is 2.17. The lowest BCUT2D eigenvalue weighted by Crippen LogP contribution is -2.46. The second kappa shape index (κ2) is 12.6. The molecule has 0 bridgehead atoms. The number of amides is 2. The van der Waals surface area contributed by atoms with E-state index in [1.54, 1.807) is 55.2 Å². The van der Waals surface area contributed by atoms with Gasteiger partial charge in [-0.3, -0.25) is 5.32 Å². The van der Waals surface area contributed by atoms with Crippen molar-refractivity contribution in [2.45, 2.75) is 52.4 Å². The molecule has 0 aromatic heterocycles. The summed E-state index contributed by atoms with van der Waals surface area (Å²) in [7, 11) is 0. The highest BCUT2D eigenvalue weighted by molar-refractivity contribution is 14.1. The summed E-state index contributed by atoms with van der Waals surface area (Å²) in [4.78, 5) is 25.4. The topological polar surface area (TPSA) is 97.3 Å². The molecule has 0 spiro atoms. The predicted molar refractivity (Wildman–Crippen MR) is 124 cm³/mol. The molecule has 0 fully saturated rings. The number of ether oxygens (including phenoxy) is 3. The molecule has 0 aliphatic rings. The molecule has 0 heterocycles. The quantitative estimate of drug-likeness (QED) is 0.451. The van der Waals surface area contributed by atoms with E-state index in [0.29, 0.717) is 11.4 Å². The van der Waals surface area contributed by atoms with Gasteiger partial charge in [0.1, 0.15) is 30.7 Å². The van der Waals surface area contributed by atoms with Crippen molar-refractivity contribution >= 4 is 40.5 Å². The first kappa shape index (κ1) is 26.0. The van der Waals surface area contributed by atoms with Crippen LogP contribution in [-0.4, -0.2) is 59.7 Å². The van der Waals surface area contributed by atoms with Gasteiger partial charge < -0.3 is 24.2 Å². The van der Waals surface area contributed by atoms with Crippen molar-refractivity contribution < 1.29 is 28.9 Å². The molecule has 2 amide bonds. The minimum Gasteiger partial charge on any atom is -0.491 e. The van der Waals surface area contributed by atoms with E-state index < -0.39 is 23.9 Å². The van der Waals surface area contributed by atoms with Gasteiger partial charge in [0.25, 0.3) is 0 Å². The third kappa shape index (κ3) is 10.7. The summed E-state index contributed by atoms with van der Waals surface area (Å²) in [6.07, 6.45) is -0.206. The molecule has 0 saturated carbocycles. The summed E-state index contributed by atoms with van der Waals surface area (Å²) in [6, 6.07) is 6.53. The summed E-state index contributed by atoms with van der Waals surface area (Å²) < 4.78 is 17.7. The van der Waals surface area contributed by atoms with Crippen molar-refractivity contribution in [3.8, 4) is 5.75 Å². The number of nitrogens with zero attached hydrogens (tertiary/aromatic N) is 1. The maximum absolute atomic E-state index is 12.3. The Hall–Kier alpha value is -2.01. The Balaban J connectivity index is 2.52. The fourth-order valence-corrected chi connectivity index (χ4v) is 2.45. The average molecular weight is 534 g/mol. The largest absolute Gasteiger partial charge is 0.491 e. The van der Waals surface area contributed by atoms with Gasteiger partial charge in [-0.05, 0) is 69.0 Å². The Morgan fingerprint density at radius 3 is 2.40 bits per heavy atom. The molecule has 0 saturated heterocycles. The molecular weight excluding hydrogens is 503 g/mol. The van der Waals surface area contributed by atoms with Gasteiger partial charge in [0, 0.05) is 11.7 Å². The zero-order valence-corrected chi connectivity index (χ0v) is 20.2. The van der Waals surface area contributed by atoms with Gasteiger partial charge in [-0.1, -0.05) is 22.6 Å². The molecule has 30 heavy (non-hydrogen) atoms. The summed E-state index contributed by atoms with van der Waals surface area (Å²) in [5.41, 5.74) is -0.0532. The van der Waals surface area contributed by atoms with Crippen LogP contribution in [-0.2, 0) is 9.47 Å². The molecule has 1 rings (SSSR count). The van der Waals surface area contributed by atoms with Crippen LogP contribution in [0.4, 0.5) is 15.3 Å². The van der Waals surface area contributed by atoms with Crippen LogP contribution in [0, 0.1) is 0 Å². The van der Waals surface area contributed by atoms with Crippen molar-refractivity contribution in [3.63, 3.8) is 0 Å². The number of aliphatic hydroxyl groups excluding tert-OH is 1. The van der Waals surface area contributed by atoms with Crippen LogP contribution in [0.5, 0.6) is 5.75 Å². The predicted octanol–water partition coefficient (Wildman–Crippen LogP) is 4.57. The average Bonchev–Trinajstić information content (AvgIpc) is 2.64.